The van der Waals surface area contributed by atoms with Gasteiger partial charge in [0.25, 0.3) is 5.22 Å². The Morgan fingerprint density at radius 2 is 2.05 bits per heavy atom. The van der Waals surface area contributed by atoms with Crippen LogP contribution in [-0.4, -0.2) is 40.9 Å². The van der Waals surface area contributed by atoms with Crippen LogP contribution in [0.4, 0.5) is 0 Å². The quantitative estimate of drug-likeness (QED) is 0.798. The number of benzene rings is 1. The fraction of sp³-hybridized carbons (Fsp3) is 0.231. The summed E-state index contributed by atoms with van der Waals surface area (Å²) in [6, 6.07) is 8.89. The van der Waals surface area contributed by atoms with Gasteiger partial charge in [-0.1, -0.05) is 11.8 Å². The van der Waals surface area contributed by atoms with Crippen LogP contribution in [0.15, 0.2) is 33.9 Å². The summed E-state index contributed by atoms with van der Waals surface area (Å²) < 4.78 is 5.46. The predicted octanol–water partition coefficient (Wildman–Crippen LogP) is 1.79. The molecule has 0 fully saturated rings. The minimum Gasteiger partial charge on any atom is -0.411 e. The average molecular weight is 288 g/mol. The number of carbonyl (C=O) groups excluding carboxylic acids is 1. The number of carbonyl (C=O) groups is 1. The third-order valence-electron chi connectivity index (χ3n) is 2.49. The van der Waals surface area contributed by atoms with Crippen LogP contribution in [0.25, 0.3) is 11.5 Å². The molecule has 0 N–H and O–H groups in total. The number of amides is 1. The molecule has 1 heterocycles. The second-order valence-electron chi connectivity index (χ2n) is 4.14. The lowest BCUT2D eigenvalue weighted by Crippen LogP contribution is -2.23. The molecule has 0 saturated carbocycles. The first-order valence-corrected chi connectivity index (χ1v) is 6.75. The first-order chi connectivity index (χ1) is 9.60. The second kappa shape index (κ2) is 6.21. The van der Waals surface area contributed by atoms with E-state index in [9.17, 15) is 4.79 Å². The molecule has 6 nitrogen and oxygen atoms in total. The molecule has 2 aromatic rings. The molecule has 2 rings (SSSR count). The van der Waals surface area contributed by atoms with Crippen LogP contribution in [0.3, 0.4) is 0 Å². The van der Waals surface area contributed by atoms with Crippen molar-refractivity contribution in [2.45, 2.75) is 5.22 Å². The number of aromatic nitrogens is 2. The molecule has 0 aliphatic carbocycles. The summed E-state index contributed by atoms with van der Waals surface area (Å²) in [5.41, 5.74) is 1.31. The zero-order valence-electron chi connectivity index (χ0n) is 11.0. The molecule has 0 saturated heterocycles. The molecule has 1 aromatic heterocycles. The Morgan fingerprint density at radius 3 is 2.65 bits per heavy atom. The lowest BCUT2D eigenvalue weighted by Gasteiger charge is -2.07. The lowest BCUT2D eigenvalue weighted by molar-refractivity contribution is -0.125. The van der Waals surface area contributed by atoms with E-state index < -0.39 is 0 Å². The highest BCUT2D eigenvalue weighted by Crippen LogP contribution is 2.23. The average Bonchev–Trinajstić information content (AvgIpc) is 2.93. The van der Waals surface area contributed by atoms with E-state index in [1.165, 1.54) is 16.7 Å². The van der Waals surface area contributed by atoms with Crippen molar-refractivity contribution >= 4 is 17.7 Å². The van der Waals surface area contributed by atoms with Gasteiger partial charge < -0.3 is 9.32 Å². The minimum absolute atomic E-state index is 0.0203. The van der Waals surface area contributed by atoms with E-state index >= 15 is 0 Å². The van der Waals surface area contributed by atoms with Crippen molar-refractivity contribution in [2.75, 3.05) is 19.8 Å². The number of hydrogen-bond donors (Lipinski definition) is 0. The topological polar surface area (TPSA) is 83.0 Å². The number of rotatable bonds is 4. The summed E-state index contributed by atoms with van der Waals surface area (Å²) >= 11 is 1.20. The van der Waals surface area contributed by atoms with Crippen LogP contribution >= 0.6 is 11.8 Å². The Bertz CT molecular complexity index is 643. The molecular formula is C13H12N4O2S. The SMILES string of the molecule is CN(C)C(=O)CSc1nnc(-c2ccc(C#N)cc2)o1. The summed E-state index contributed by atoms with van der Waals surface area (Å²) in [4.78, 5) is 13.0. The molecule has 0 aliphatic rings. The van der Waals surface area contributed by atoms with Gasteiger partial charge in [0.15, 0.2) is 0 Å². The molecule has 7 heteroatoms. The molecule has 0 spiro atoms. The number of nitrogens with zero attached hydrogens (tertiary/aromatic N) is 4. The molecule has 20 heavy (non-hydrogen) atoms. The molecule has 0 radical (unpaired) electrons. The fourth-order valence-electron chi connectivity index (χ4n) is 1.32. The molecular weight excluding hydrogens is 276 g/mol. The van der Waals surface area contributed by atoms with Crippen LogP contribution in [-0.2, 0) is 4.79 Å². The summed E-state index contributed by atoms with van der Waals surface area (Å²) in [5, 5.41) is 16.9. The van der Waals surface area contributed by atoms with Gasteiger partial charge >= 0.3 is 0 Å². The molecule has 0 atom stereocenters. The van der Waals surface area contributed by atoms with Crippen molar-refractivity contribution in [3.8, 4) is 17.5 Å². The van der Waals surface area contributed by atoms with E-state index in [-0.39, 0.29) is 11.7 Å². The highest BCUT2D eigenvalue weighted by Gasteiger charge is 2.12. The molecule has 1 aromatic carbocycles. The highest BCUT2D eigenvalue weighted by atomic mass is 32.2. The Hall–Kier alpha value is -2.33. The Labute approximate surface area is 120 Å². The van der Waals surface area contributed by atoms with Crippen molar-refractivity contribution in [1.29, 1.82) is 5.26 Å². The standard InChI is InChI=1S/C13H12N4O2S/c1-17(2)11(18)8-20-13-16-15-12(19-13)10-5-3-9(7-14)4-6-10/h3-6H,8H2,1-2H3. The van der Waals surface area contributed by atoms with Gasteiger partial charge in [-0.05, 0) is 24.3 Å². The van der Waals surface area contributed by atoms with Gasteiger partial charge in [0.1, 0.15) is 0 Å². The predicted molar refractivity (Wildman–Crippen MR) is 73.9 cm³/mol. The van der Waals surface area contributed by atoms with Crippen molar-refractivity contribution in [1.82, 2.24) is 15.1 Å². The molecule has 0 bridgehead atoms. The third-order valence-corrected chi connectivity index (χ3v) is 3.29. The van der Waals surface area contributed by atoms with Gasteiger partial charge in [0.2, 0.25) is 11.8 Å². The van der Waals surface area contributed by atoms with Gasteiger partial charge in [-0.2, -0.15) is 5.26 Å². The van der Waals surface area contributed by atoms with Crippen molar-refractivity contribution in [2.24, 2.45) is 0 Å². The van der Waals surface area contributed by atoms with E-state index in [4.69, 9.17) is 9.68 Å². The summed E-state index contributed by atoms with van der Waals surface area (Å²) in [5.74, 6) is 0.601. The Morgan fingerprint density at radius 1 is 1.35 bits per heavy atom. The van der Waals surface area contributed by atoms with Crippen molar-refractivity contribution in [3.63, 3.8) is 0 Å². The van der Waals surface area contributed by atoms with Gasteiger partial charge in [-0.3, -0.25) is 4.79 Å². The Kier molecular flexibility index (Phi) is 4.38. The normalized spacial score (nSPS) is 10.1. The van der Waals surface area contributed by atoms with E-state index in [1.807, 2.05) is 6.07 Å². The maximum Gasteiger partial charge on any atom is 0.277 e. The summed E-state index contributed by atoms with van der Waals surface area (Å²) in [7, 11) is 3.39. The van der Waals surface area contributed by atoms with Crippen LogP contribution in [0.1, 0.15) is 5.56 Å². The van der Waals surface area contributed by atoms with E-state index in [2.05, 4.69) is 10.2 Å². The van der Waals surface area contributed by atoms with Gasteiger partial charge in [0.05, 0.1) is 17.4 Å². The smallest absolute Gasteiger partial charge is 0.277 e. The highest BCUT2D eigenvalue weighted by molar-refractivity contribution is 7.99. The minimum atomic E-state index is -0.0203. The number of nitriles is 1. The van der Waals surface area contributed by atoms with Crippen LogP contribution in [0.5, 0.6) is 0 Å². The lowest BCUT2D eigenvalue weighted by atomic mass is 10.1. The molecule has 102 valence electrons. The first-order valence-electron chi connectivity index (χ1n) is 5.77. The van der Waals surface area contributed by atoms with Gasteiger partial charge in [0, 0.05) is 19.7 Å². The fourth-order valence-corrected chi connectivity index (χ4v) is 2.07. The van der Waals surface area contributed by atoms with Gasteiger partial charge in [-0.15, -0.1) is 10.2 Å². The molecule has 0 unspecified atom stereocenters. The number of thioether (sulfide) groups is 1. The largest absolute Gasteiger partial charge is 0.411 e. The monoisotopic (exact) mass is 288 g/mol. The van der Waals surface area contributed by atoms with Crippen LogP contribution < -0.4 is 0 Å². The van der Waals surface area contributed by atoms with Crippen molar-refractivity contribution < 1.29 is 9.21 Å². The summed E-state index contributed by atoms with van der Waals surface area (Å²) in [6.07, 6.45) is 0. The van der Waals surface area contributed by atoms with Crippen molar-refractivity contribution in [3.05, 3.63) is 29.8 Å². The van der Waals surface area contributed by atoms with Gasteiger partial charge in [-0.25, -0.2) is 0 Å². The molecule has 1 amide bonds. The Balaban J connectivity index is 2.05. The maximum atomic E-state index is 11.4. The van der Waals surface area contributed by atoms with Crippen LogP contribution in [0.2, 0.25) is 0 Å². The zero-order chi connectivity index (χ0) is 14.5. The molecule has 0 aliphatic heterocycles. The maximum absolute atomic E-state index is 11.4. The summed E-state index contributed by atoms with van der Waals surface area (Å²) in [6.45, 7) is 0. The third kappa shape index (κ3) is 3.36. The second-order valence-corrected chi connectivity index (χ2v) is 5.07. The zero-order valence-corrected chi connectivity index (χ0v) is 11.8. The van der Waals surface area contributed by atoms with E-state index in [1.54, 1.807) is 38.4 Å². The van der Waals surface area contributed by atoms with E-state index in [0.29, 0.717) is 16.7 Å². The van der Waals surface area contributed by atoms with Crippen LogP contribution in [0, 0.1) is 11.3 Å². The first kappa shape index (κ1) is 14.1. The number of hydrogen-bond acceptors (Lipinski definition) is 6. The van der Waals surface area contributed by atoms with E-state index in [0.717, 1.165) is 5.56 Å².